The summed E-state index contributed by atoms with van der Waals surface area (Å²) in [7, 11) is 1.82. The second kappa shape index (κ2) is 8.72. The van der Waals surface area contributed by atoms with Crippen molar-refractivity contribution in [2.75, 3.05) is 7.05 Å². The van der Waals surface area contributed by atoms with Crippen molar-refractivity contribution in [2.24, 2.45) is 4.99 Å². The standard InChI is InChI=1S/C18H20N4S.C2H6/c1-11-8-12(2)22-18-15(11)13(3)16(23-18)17(19-4)21-10-14-6-5-7-20-9-14;1-2/h5-9H,10H2,1-4H3,(H,19,21);1-2H3. The van der Waals surface area contributed by atoms with Gasteiger partial charge in [-0.2, -0.15) is 0 Å². The first-order valence-electron chi connectivity index (χ1n) is 8.57. The molecule has 0 amide bonds. The molecular formula is C20H26N4S. The number of nitrogens with one attached hydrogen (secondary N) is 1. The Morgan fingerprint density at radius 3 is 2.64 bits per heavy atom. The van der Waals surface area contributed by atoms with E-state index in [0.717, 1.165) is 26.8 Å². The van der Waals surface area contributed by atoms with Crippen molar-refractivity contribution >= 4 is 27.4 Å². The van der Waals surface area contributed by atoms with E-state index in [9.17, 15) is 0 Å². The first kappa shape index (κ1) is 19.1. The van der Waals surface area contributed by atoms with Gasteiger partial charge in [-0.1, -0.05) is 19.9 Å². The Bertz CT molecular complexity index is 866. The van der Waals surface area contributed by atoms with Crippen LogP contribution >= 0.6 is 11.3 Å². The Labute approximate surface area is 154 Å². The van der Waals surface area contributed by atoms with Crippen molar-refractivity contribution in [2.45, 2.75) is 41.2 Å². The fraction of sp³-hybridized carbons (Fsp3) is 0.350. The van der Waals surface area contributed by atoms with Crippen LogP contribution in [0.3, 0.4) is 0 Å². The molecular weight excluding hydrogens is 328 g/mol. The maximum Gasteiger partial charge on any atom is 0.138 e. The second-order valence-corrected chi connectivity index (χ2v) is 6.60. The van der Waals surface area contributed by atoms with E-state index in [2.05, 4.69) is 46.3 Å². The molecule has 0 bridgehead atoms. The summed E-state index contributed by atoms with van der Waals surface area (Å²) in [5, 5.41) is 4.68. The monoisotopic (exact) mass is 354 g/mol. The number of rotatable bonds is 3. The molecule has 3 heterocycles. The maximum atomic E-state index is 4.68. The molecule has 4 nitrogen and oxygen atoms in total. The van der Waals surface area contributed by atoms with Crippen LogP contribution in [0.4, 0.5) is 0 Å². The third-order valence-corrected chi connectivity index (χ3v) is 5.04. The van der Waals surface area contributed by atoms with E-state index < -0.39 is 0 Å². The molecule has 0 radical (unpaired) electrons. The van der Waals surface area contributed by atoms with E-state index in [1.807, 2.05) is 40.1 Å². The van der Waals surface area contributed by atoms with Gasteiger partial charge in [0, 0.05) is 37.1 Å². The van der Waals surface area contributed by atoms with Gasteiger partial charge in [-0.25, -0.2) is 4.98 Å². The van der Waals surface area contributed by atoms with Crippen molar-refractivity contribution in [3.8, 4) is 0 Å². The molecule has 3 aromatic rings. The Balaban J connectivity index is 0.00000109. The lowest BCUT2D eigenvalue weighted by Gasteiger charge is -2.09. The van der Waals surface area contributed by atoms with E-state index in [4.69, 9.17) is 0 Å². The van der Waals surface area contributed by atoms with E-state index in [1.165, 1.54) is 16.5 Å². The van der Waals surface area contributed by atoms with Crippen LogP contribution in [0.2, 0.25) is 0 Å². The van der Waals surface area contributed by atoms with Crippen molar-refractivity contribution < 1.29 is 0 Å². The summed E-state index contributed by atoms with van der Waals surface area (Å²) in [4.78, 5) is 15.5. The number of aliphatic imine (C=N–C) groups is 1. The molecule has 1 N–H and O–H groups in total. The predicted octanol–water partition coefficient (Wildman–Crippen LogP) is 4.81. The van der Waals surface area contributed by atoms with Crippen LogP contribution in [-0.4, -0.2) is 22.9 Å². The summed E-state index contributed by atoms with van der Waals surface area (Å²) in [6.45, 7) is 11.0. The fourth-order valence-corrected chi connectivity index (χ4v) is 4.11. The topological polar surface area (TPSA) is 50.2 Å². The molecule has 0 atom stereocenters. The van der Waals surface area contributed by atoms with Crippen molar-refractivity contribution in [1.82, 2.24) is 15.3 Å². The van der Waals surface area contributed by atoms with Crippen LogP contribution in [0.5, 0.6) is 0 Å². The smallest absolute Gasteiger partial charge is 0.138 e. The van der Waals surface area contributed by atoms with Crippen LogP contribution in [-0.2, 0) is 6.54 Å². The molecule has 0 spiro atoms. The van der Waals surface area contributed by atoms with Gasteiger partial charge in [0.25, 0.3) is 0 Å². The zero-order valence-electron chi connectivity index (χ0n) is 15.8. The third-order valence-electron chi connectivity index (χ3n) is 3.85. The zero-order valence-corrected chi connectivity index (χ0v) is 16.7. The third kappa shape index (κ3) is 4.23. The number of hydrogen-bond donors (Lipinski definition) is 1. The van der Waals surface area contributed by atoms with Gasteiger partial charge in [-0.05, 0) is 49.6 Å². The molecule has 0 aromatic carbocycles. The van der Waals surface area contributed by atoms with Crippen molar-refractivity contribution in [3.63, 3.8) is 0 Å². The summed E-state index contributed by atoms with van der Waals surface area (Å²) < 4.78 is 0. The zero-order chi connectivity index (χ0) is 18.4. The van der Waals surface area contributed by atoms with E-state index in [1.54, 1.807) is 17.5 Å². The molecule has 0 saturated heterocycles. The highest BCUT2D eigenvalue weighted by molar-refractivity contribution is 7.20. The van der Waals surface area contributed by atoms with Gasteiger partial charge in [0.2, 0.25) is 0 Å². The Morgan fingerprint density at radius 2 is 2.00 bits per heavy atom. The summed E-state index contributed by atoms with van der Waals surface area (Å²) in [6, 6.07) is 6.14. The number of hydrogen-bond acceptors (Lipinski definition) is 4. The largest absolute Gasteiger partial charge is 0.365 e. The molecule has 5 heteroatoms. The summed E-state index contributed by atoms with van der Waals surface area (Å²) >= 11 is 1.70. The lowest BCUT2D eigenvalue weighted by Crippen LogP contribution is -2.23. The van der Waals surface area contributed by atoms with Gasteiger partial charge in [0.15, 0.2) is 0 Å². The number of nitrogens with zero attached hydrogens (tertiary/aromatic N) is 3. The molecule has 3 aromatic heterocycles. The van der Waals surface area contributed by atoms with Gasteiger partial charge in [0.1, 0.15) is 10.7 Å². The van der Waals surface area contributed by atoms with Crippen molar-refractivity contribution in [3.05, 3.63) is 57.9 Å². The minimum absolute atomic E-state index is 0.708. The predicted molar refractivity (Wildman–Crippen MR) is 109 cm³/mol. The minimum Gasteiger partial charge on any atom is -0.365 e. The molecule has 132 valence electrons. The Morgan fingerprint density at radius 1 is 1.24 bits per heavy atom. The van der Waals surface area contributed by atoms with E-state index in [0.29, 0.717) is 6.54 Å². The lowest BCUT2D eigenvalue weighted by atomic mass is 10.1. The summed E-state index contributed by atoms with van der Waals surface area (Å²) in [5.74, 6) is 0.909. The Hall–Kier alpha value is -2.27. The van der Waals surface area contributed by atoms with Crippen molar-refractivity contribution in [1.29, 1.82) is 0 Å². The molecule has 3 rings (SSSR count). The van der Waals surface area contributed by atoms with Gasteiger partial charge < -0.3 is 5.32 Å². The molecule has 0 fully saturated rings. The molecule has 0 saturated carbocycles. The van der Waals surface area contributed by atoms with Crippen LogP contribution in [0.15, 0.2) is 35.6 Å². The maximum absolute atomic E-state index is 4.68. The average Bonchev–Trinajstić information content (AvgIpc) is 2.95. The van der Waals surface area contributed by atoms with E-state index >= 15 is 0 Å². The molecule has 0 aliphatic heterocycles. The number of thiophene rings is 1. The van der Waals surface area contributed by atoms with Gasteiger partial charge >= 0.3 is 0 Å². The lowest BCUT2D eigenvalue weighted by molar-refractivity contribution is 0.904. The number of fused-ring (bicyclic) bond motifs is 1. The molecule has 0 unspecified atom stereocenters. The van der Waals surface area contributed by atoms with Gasteiger partial charge in [0.05, 0.1) is 4.88 Å². The summed E-state index contributed by atoms with van der Waals surface area (Å²) in [5.41, 5.74) is 4.71. The summed E-state index contributed by atoms with van der Waals surface area (Å²) in [6.07, 6.45) is 3.65. The number of aromatic nitrogens is 2. The normalized spacial score (nSPS) is 11.2. The van der Waals surface area contributed by atoms with Crippen LogP contribution < -0.4 is 5.32 Å². The highest BCUT2D eigenvalue weighted by atomic mass is 32.1. The second-order valence-electron chi connectivity index (χ2n) is 5.60. The first-order valence-corrected chi connectivity index (χ1v) is 9.39. The van der Waals surface area contributed by atoms with Crippen LogP contribution in [0, 0.1) is 20.8 Å². The number of pyridine rings is 2. The highest BCUT2D eigenvalue weighted by Gasteiger charge is 2.16. The SMILES string of the molecule is CC.CN=C(NCc1cccnc1)c1sc2nc(C)cc(C)c2c1C. The van der Waals surface area contributed by atoms with Gasteiger partial charge in [-0.15, -0.1) is 11.3 Å². The van der Waals surface area contributed by atoms with Crippen LogP contribution in [0.1, 0.15) is 41.1 Å². The number of amidine groups is 1. The van der Waals surface area contributed by atoms with Crippen LogP contribution in [0.25, 0.3) is 10.2 Å². The fourth-order valence-electron chi connectivity index (χ4n) is 2.79. The highest BCUT2D eigenvalue weighted by Crippen LogP contribution is 2.32. The first-order chi connectivity index (χ1) is 12.1. The van der Waals surface area contributed by atoms with Gasteiger partial charge in [-0.3, -0.25) is 9.98 Å². The molecule has 0 aliphatic rings. The minimum atomic E-state index is 0.708. The number of aryl methyl sites for hydroxylation is 3. The molecule has 0 aliphatic carbocycles. The Kier molecular flexibility index (Phi) is 6.65. The quantitative estimate of drug-likeness (QED) is 0.542. The molecule has 25 heavy (non-hydrogen) atoms. The van der Waals surface area contributed by atoms with E-state index in [-0.39, 0.29) is 0 Å². The average molecular weight is 355 g/mol.